The Morgan fingerprint density at radius 1 is 1.17 bits per heavy atom. The summed E-state index contributed by atoms with van der Waals surface area (Å²) in [5, 5.41) is 8.08. The van der Waals surface area contributed by atoms with E-state index in [1.807, 2.05) is 18.2 Å². The van der Waals surface area contributed by atoms with Crippen LogP contribution in [0.1, 0.15) is 38.5 Å². The van der Waals surface area contributed by atoms with Crippen molar-refractivity contribution in [3.8, 4) is 0 Å². The van der Waals surface area contributed by atoms with Crippen LogP contribution in [0.2, 0.25) is 5.02 Å². The highest BCUT2D eigenvalue weighted by molar-refractivity contribution is 9.10. The average Bonchev–Trinajstić information content (AvgIpc) is 2.47. The van der Waals surface area contributed by atoms with Gasteiger partial charge in [-0.15, -0.1) is 0 Å². The fourth-order valence-corrected chi connectivity index (χ4v) is 6.43. The van der Waals surface area contributed by atoms with Gasteiger partial charge in [0.25, 0.3) is 0 Å². The number of rotatable bonds is 3. The molecule has 4 bridgehead atoms. The lowest BCUT2D eigenvalue weighted by molar-refractivity contribution is -0.0490. The van der Waals surface area contributed by atoms with E-state index in [-0.39, 0.29) is 0 Å². The van der Waals surface area contributed by atoms with Crippen LogP contribution >= 0.6 is 39.7 Å². The van der Waals surface area contributed by atoms with Crippen molar-refractivity contribution in [1.82, 2.24) is 5.32 Å². The van der Waals surface area contributed by atoms with Gasteiger partial charge < -0.3 is 10.6 Å². The van der Waals surface area contributed by atoms with Gasteiger partial charge in [-0.3, -0.25) is 0 Å². The van der Waals surface area contributed by atoms with Gasteiger partial charge in [-0.05, 0) is 92.1 Å². The summed E-state index contributed by atoms with van der Waals surface area (Å²) in [6, 6.07) is 5.80. The summed E-state index contributed by atoms with van der Waals surface area (Å²) in [5.74, 6) is 2.93. The molecule has 0 amide bonds. The summed E-state index contributed by atoms with van der Waals surface area (Å²) >= 11 is 15.2. The molecule has 0 saturated heterocycles. The Hall–Kier alpha value is -0.320. The Morgan fingerprint density at radius 3 is 2.35 bits per heavy atom. The zero-order valence-corrected chi connectivity index (χ0v) is 16.2. The van der Waals surface area contributed by atoms with Crippen molar-refractivity contribution in [3.05, 3.63) is 27.7 Å². The van der Waals surface area contributed by atoms with Crippen molar-refractivity contribution in [2.75, 3.05) is 11.9 Å². The summed E-state index contributed by atoms with van der Waals surface area (Å²) < 4.78 is 0.973. The zero-order valence-electron chi connectivity index (χ0n) is 13.1. The van der Waals surface area contributed by atoms with Gasteiger partial charge in [-0.25, -0.2) is 0 Å². The molecular formula is C18H22BrClN2S. The number of nitrogens with one attached hydrogen (secondary N) is 2. The minimum Gasteiger partial charge on any atom is -0.362 e. The van der Waals surface area contributed by atoms with E-state index < -0.39 is 0 Å². The van der Waals surface area contributed by atoms with Gasteiger partial charge >= 0.3 is 0 Å². The minimum absolute atomic E-state index is 0.490. The Balaban J connectivity index is 1.36. The van der Waals surface area contributed by atoms with E-state index >= 15 is 0 Å². The molecule has 4 aliphatic rings. The molecule has 0 radical (unpaired) electrons. The van der Waals surface area contributed by atoms with Crippen LogP contribution in [0.25, 0.3) is 0 Å². The van der Waals surface area contributed by atoms with E-state index in [0.717, 1.165) is 34.5 Å². The summed E-state index contributed by atoms with van der Waals surface area (Å²) in [5.41, 5.74) is 1.35. The molecule has 1 aromatic carbocycles. The van der Waals surface area contributed by atoms with E-state index in [0.29, 0.717) is 15.6 Å². The monoisotopic (exact) mass is 412 g/mol. The van der Waals surface area contributed by atoms with Crippen molar-refractivity contribution in [2.24, 2.45) is 23.2 Å². The second-order valence-electron chi connectivity index (χ2n) is 7.85. The van der Waals surface area contributed by atoms with Crippen LogP contribution < -0.4 is 10.6 Å². The lowest BCUT2D eigenvalue weighted by atomic mass is 9.49. The molecule has 4 aliphatic carbocycles. The Bertz CT molecular complexity index is 598. The summed E-state index contributed by atoms with van der Waals surface area (Å²) in [6.45, 7) is 1.01. The Labute approximate surface area is 156 Å². The predicted octanol–water partition coefficient (Wildman–Crippen LogP) is 5.61. The molecule has 124 valence electrons. The van der Waals surface area contributed by atoms with Gasteiger partial charge in [-0.1, -0.05) is 27.5 Å². The molecule has 1 aromatic rings. The molecule has 4 saturated carbocycles. The highest BCUT2D eigenvalue weighted by atomic mass is 79.9. The number of anilines is 1. The van der Waals surface area contributed by atoms with Gasteiger partial charge in [0, 0.05) is 11.0 Å². The van der Waals surface area contributed by atoms with Crippen LogP contribution in [0.4, 0.5) is 5.69 Å². The zero-order chi connectivity index (χ0) is 16.0. The van der Waals surface area contributed by atoms with E-state index in [9.17, 15) is 0 Å². The number of halogens is 2. The molecule has 0 unspecified atom stereocenters. The van der Waals surface area contributed by atoms with E-state index in [1.54, 1.807) is 0 Å². The van der Waals surface area contributed by atoms with Crippen molar-refractivity contribution < 1.29 is 0 Å². The minimum atomic E-state index is 0.490. The van der Waals surface area contributed by atoms with Crippen LogP contribution in [-0.2, 0) is 0 Å². The van der Waals surface area contributed by atoms with Crippen molar-refractivity contribution in [3.63, 3.8) is 0 Å². The maximum absolute atomic E-state index is 6.25. The van der Waals surface area contributed by atoms with Crippen LogP contribution in [0.15, 0.2) is 22.7 Å². The fourth-order valence-electron chi connectivity index (χ4n) is 5.53. The third kappa shape index (κ3) is 3.40. The first kappa shape index (κ1) is 16.2. The van der Waals surface area contributed by atoms with Gasteiger partial charge in [-0.2, -0.15) is 0 Å². The number of benzene rings is 1. The average molecular weight is 414 g/mol. The fraction of sp³-hybridized carbons (Fsp3) is 0.611. The first-order valence-electron chi connectivity index (χ1n) is 8.51. The number of hydrogen-bond donors (Lipinski definition) is 2. The molecular weight excluding hydrogens is 392 g/mol. The second kappa shape index (κ2) is 6.20. The highest BCUT2D eigenvalue weighted by Crippen LogP contribution is 2.59. The van der Waals surface area contributed by atoms with Crippen LogP contribution in [0.3, 0.4) is 0 Å². The smallest absolute Gasteiger partial charge is 0.170 e. The molecule has 0 aromatic heterocycles. The van der Waals surface area contributed by atoms with Gasteiger partial charge in [0.2, 0.25) is 0 Å². The van der Waals surface area contributed by atoms with Gasteiger partial charge in [0.05, 0.1) is 10.7 Å². The SMILES string of the molecule is S=C(NCC12CC3CC(CC(C3)C1)C2)Nc1ccc(Br)cc1Cl. The molecule has 2 nitrogen and oxygen atoms in total. The van der Waals surface area contributed by atoms with E-state index in [4.69, 9.17) is 23.8 Å². The summed E-state index contributed by atoms with van der Waals surface area (Å²) in [6.07, 6.45) is 8.64. The Morgan fingerprint density at radius 2 is 1.78 bits per heavy atom. The van der Waals surface area contributed by atoms with Crippen LogP contribution in [0.5, 0.6) is 0 Å². The molecule has 5 rings (SSSR count). The first-order chi connectivity index (χ1) is 11.0. The third-order valence-corrected chi connectivity index (χ3v) is 7.02. The lowest BCUT2D eigenvalue weighted by Gasteiger charge is -2.57. The predicted molar refractivity (Wildman–Crippen MR) is 104 cm³/mol. The van der Waals surface area contributed by atoms with Crippen molar-refractivity contribution in [1.29, 1.82) is 0 Å². The van der Waals surface area contributed by atoms with E-state index in [1.165, 1.54) is 38.5 Å². The maximum Gasteiger partial charge on any atom is 0.170 e. The van der Waals surface area contributed by atoms with E-state index in [2.05, 4.69) is 26.6 Å². The summed E-state index contributed by atoms with van der Waals surface area (Å²) in [4.78, 5) is 0. The lowest BCUT2D eigenvalue weighted by Crippen LogP contribution is -2.51. The highest BCUT2D eigenvalue weighted by Gasteiger charge is 2.50. The molecule has 2 N–H and O–H groups in total. The molecule has 5 heteroatoms. The summed E-state index contributed by atoms with van der Waals surface area (Å²) in [7, 11) is 0. The first-order valence-corrected chi connectivity index (χ1v) is 10.1. The third-order valence-electron chi connectivity index (χ3n) is 5.97. The molecule has 0 spiro atoms. The normalized spacial score (nSPS) is 34.4. The van der Waals surface area contributed by atoms with Crippen LogP contribution in [-0.4, -0.2) is 11.7 Å². The number of hydrogen-bond acceptors (Lipinski definition) is 1. The largest absolute Gasteiger partial charge is 0.362 e. The van der Waals surface area contributed by atoms with Gasteiger partial charge in [0.1, 0.15) is 0 Å². The maximum atomic E-state index is 6.25. The molecule has 23 heavy (non-hydrogen) atoms. The molecule has 0 aliphatic heterocycles. The second-order valence-corrected chi connectivity index (χ2v) is 9.58. The molecule has 0 atom stereocenters. The number of thiocarbonyl (C=S) groups is 1. The Kier molecular flexibility index (Phi) is 4.36. The van der Waals surface area contributed by atoms with Crippen molar-refractivity contribution in [2.45, 2.75) is 38.5 Å². The van der Waals surface area contributed by atoms with Crippen molar-refractivity contribution >= 4 is 50.5 Å². The van der Waals surface area contributed by atoms with Gasteiger partial charge in [0.15, 0.2) is 5.11 Å². The molecule has 0 heterocycles. The van der Waals surface area contributed by atoms with Crippen LogP contribution in [0, 0.1) is 23.2 Å². The quantitative estimate of drug-likeness (QED) is 0.630. The topological polar surface area (TPSA) is 24.1 Å². The molecule has 4 fully saturated rings. The standard InChI is InChI=1S/C18H22BrClN2S/c19-14-1-2-16(15(20)6-14)22-17(23)21-10-18-7-11-3-12(8-18)5-13(4-11)9-18/h1-2,6,11-13H,3-5,7-10H2,(H2,21,22,23).